The lowest BCUT2D eigenvalue weighted by Crippen LogP contribution is -2.18. The minimum absolute atomic E-state index is 0.123. The lowest BCUT2D eigenvalue weighted by atomic mass is 10.0. The molecule has 0 saturated heterocycles. The SMILES string of the molecule is Cn1nc(-c2cccc(F)c2)c2ccc(C(OS(=O)(=O)c3ccc([N+](=O)[O-])cc3)C(F)F)cc21. The molecule has 1 atom stereocenters. The van der Waals surface area contributed by atoms with E-state index in [1.165, 1.54) is 41.1 Å². The van der Waals surface area contributed by atoms with Gasteiger partial charge in [0.25, 0.3) is 22.2 Å². The lowest BCUT2D eigenvalue weighted by Gasteiger charge is -2.17. The van der Waals surface area contributed by atoms with E-state index in [1.54, 1.807) is 13.1 Å². The quantitative estimate of drug-likeness (QED) is 0.205. The van der Waals surface area contributed by atoms with Crippen molar-refractivity contribution in [2.45, 2.75) is 17.4 Å². The number of non-ortho nitro benzene ring substituents is 1. The molecular formula is C22H16F3N3O5S. The molecule has 12 heteroatoms. The van der Waals surface area contributed by atoms with Gasteiger partial charge < -0.3 is 0 Å². The lowest BCUT2D eigenvalue weighted by molar-refractivity contribution is -0.384. The molecule has 1 unspecified atom stereocenters. The first-order valence-electron chi connectivity index (χ1n) is 9.75. The fourth-order valence-electron chi connectivity index (χ4n) is 3.47. The predicted molar refractivity (Wildman–Crippen MR) is 116 cm³/mol. The van der Waals surface area contributed by atoms with E-state index >= 15 is 0 Å². The summed E-state index contributed by atoms with van der Waals surface area (Å²) >= 11 is 0. The summed E-state index contributed by atoms with van der Waals surface area (Å²) in [6, 6.07) is 13.5. The fourth-order valence-corrected chi connectivity index (χ4v) is 4.52. The molecule has 0 spiro atoms. The van der Waals surface area contributed by atoms with Crippen LogP contribution in [-0.4, -0.2) is 29.5 Å². The summed E-state index contributed by atoms with van der Waals surface area (Å²) < 4.78 is 72.8. The number of alkyl halides is 2. The highest BCUT2D eigenvalue weighted by molar-refractivity contribution is 7.86. The Bertz CT molecular complexity index is 1490. The van der Waals surface area contributed by atoms with Crippen LogP contribution in [0.15, 0.2) is 71.6 Å². The fraction of sp³-hybridized carbons (Fsp3) is 0.136. The zero-order valence-corrected chi connectivity index (χ0v) is 18.2. The van der Waals surface area contributed by atoms with Gasteiger partial charge >= 0.3 is 0 Å². The molecule has 0 fully saturated rings. The number of nitrogens with zero attached hydrogens (tertiary/aromatic N) is 3. The number of benzene rings is 3. The van der Waals surface area contributed by atoms with E-state index in [1.807, 2.05) is 0 Å². The van der Waals surface area contributed by atoms with Crippen molar-refractivity contribution in [1.82, 2.24) is 9.78 Å². The van der Waals surface area contributed by atoms with Gasteiger partial charge in [-0.3, -0.25) is 19.0 Å². The minimum atomic E-state index is -4.67. The first-order valence-corrected chi connectivity index (χ1v) is 11.2. The van der Waals surface area contributed by atoms with Crippen molar-refractivity contribution in [1.29, 1.82) is 0 Å². The van der Waals surface area contributed by atoms with Gasteiger partial charge in [-0.25, -0.2) is 13.2 Å². The number of aromatic nitrogens is 2. The van der Waals surface area contributed by atoms with Crippen molar-refractivity contribution < 1.29 is 30.7 Å². The van der Waals surface area contributed by atoms with Crippen LogP contribution in [0.4, 0.5) is 18.9 Å². The van der Waals surface area contributed by atoms with Crippen LogP contribution in [0.2, 0.25) is 0 Å². The summed E-state index contributed by atoms with van der Waals surface area (Å²) in [6.07, 6.45) is -5.35. The van der Waals surface area contributed by atoms with Crippen molar-refractivity contribution in [3.05, 3.63) is 88.2 Å². The number of fused-ring (bicyclic) bond motifs is 1. The topological polar surface area (TPSA) is 104 Å². The smallest absolute Gasteiger partial charge is 0.267 e. The van der Waals surface area contributed by atoms with E-state index in [4.69, 9.17) is 4.18 Å². The first-order chi connectivity index (χ1) is 16.1. The van der Waals surface area contributed by atoms with Gasteiger partial charge in [-0.2, -0.15) is 13.5 Å². The van der Waals surface area contributed by atoms with Gasteiger partial charge in [0.2, 0.25) is 0 Å². The highest BCUT2D eigenvalue weighted by atomic mass is 32.2. The maximum absolute atomic E-state index is 13.9. The van der Waals surface area contributed by atoms with Crippen LogP contribution in [0, 0.1) is 15.9 Å². The highest BCUT2D eigenvalue weighted by Gasteiger charge is 2.31. The molecule has 0 aliphatic heterocycles. The zero-order valence-electron chi connectivity index (χ0n) is 17.4. The molecule has 1 aromatic heterocycles. The number of nitro groups is 1. The number of aryl methyl sites for hydroxylation is 1. The van der Waals surface area contributed by atoms with Gasteiger partial charge in [0, 0.05) is 30.1 Å². The third-order valence-corrected chi connectivity index (χ3v) is 6.41. The molecule has 1 heterocycles. The molecule has 176 valence electrons. The average Bonchev–Trinajstić information content (AvgIpc) is 3.13. The zero-order chi connectivity index (χ0) is 24.6. The number of halogens is 3. The van der Waals surface area contributed by atoms with Crippen molar-refractivity contribution in [2.75, 3.05) is 0 Å². The third-order valence-electron chi connectivity index (χ3n) is 5.10. The normalized spacial score (nSPS) is 12.9. The van der Waals surface area contributed by atoms with E-state index in [0.717, 1.165) is 24.3 Å². The number of hydrogen-bond acceptors (Lipinski definition) is 6. The maximum atomic E-state index is 13.9. The Balaban J connectivity index is 1.70. The second-order valence-electron chi connectivity index (χ2n) is 7.32. The van der Waals surface area contributed by atoms with Crippen LogP contribution in [-0.2, 0) is 21.3 Å². The summed E-state index contributed by atoms with van der Waals surface area (Å²) in [5, 5.41) is 15.6. The summed E-state index contributed by atoms with van der Waals surface area (Å²) in [7, 11) is -3.10. The standard InChI is InChI=1S/C22H16F3N3O5S/c1-27-19-12-14(5-10-18(19)20(26-27)13-3-2-4-15(23)11-13)21(22(24)25)33-34(31,32)17-8-6-16(7-9-17)28(29)30/h2-12,21-22H,1H3. The van der Waals surface area contributed by atoms with Crippen LogP contribution < -0.4 is 0 Å². The van der Waals surface area contributed by atoms with E-state index in [2.05, 4.69) is 5.10 Å². The Morgan fingerprint density at radius 1 is 1.06 bits per heavy atom. The van der Waals surface area contributed by atoms with Crippen molar-refractivity contribution in [3.63, 3.8) is 0 Å². The van der Waals surface area contributed by atoms with Crippen LogP contribution >= 0.6 is 0 Å². The monoisotopic (exact) mass is 491 g/mol. The van der Waals surface area contributed by atoms with Crippen LogP contribution in [0.5, 0.6) is 0 Å². The van der Waals surface area contributed by atoms with Crippen LogP contribution in [0.3, 0.4) is 0 Å². The van der Waals surface area contributed by atoms with Gasteiger partial charge in [-0.15, -0.1) is 0 Å². The molecule has 0 aliphatic rings. The molecule has 0 amide bonds. The number of nitro benzene ring substituents is 1. The summed E-state index contributed by atoms with van der Waals surface area (Å²) in [4.78, 5) is 9.53. The molecule has 34 heavy (non-hydrogen) atoms. The number of hydrogen-bond donors (Lipinski definition) is 0. The molecule has 4 aromatic rings. The van der Waals surface area contributed by atoms with Crippen molar-refractivity contribution in [3.8, 4) is 11.3 Å². The van der Waals surface area contributed by atoms with Gasteiger partial charge in [-0.05, 0) is 35.9 Å². The first kappa shape index (κ1) is 23.4. The Kier molecular flexibility index (Phi) is 6.11. The van der Waals surface area contributed by atoms with E-state index in [9.17, 15) is 31.7 Å². The van der Waals surface area contributed by atoms with E-state index in [-0.39, 0.29) is 11.3 Å². The van der Waals surface area contributed by atoms with Crippen molar-refractivity contribution >= 4 is 26.7 Å². The molecule has 3 aromatic carbocycles. The molecule has 0 radical (unpaired) electrons. The molecule has 8 nitrogen and oxygen atoms in total. The Hall–Kier alpha value is -3.77. The van der Waals surface area contributed by atoms with Gasteiger partial charge in [-0.1, -0.05) is 24.3 Å². The molecule has 0 bridgehead atoms. The molecule has 0 aliphatic carbocycles. The van der Waals surface area contributed by atoms with Gasteiger partial charge in [0.15, 0.2) is 6.10 Å². The van der Waals surface area contributed by atoms with Crippen LogP contribution in [0.25, 0.3) is 22.2 Å². The summed E-state index contributed by atoms with van der Waals surface area (Å²) in [6.45, 7) is 0. The maximum Gasteiger partial charge on any atom is 0.297 e. The minimum Gasteiger partial charge on any atom is -0.267 e. The van der Waals surface area contributed by atoms with Crippen LogP contribution in [0.1, 0.15) is 11.7 Å². The average molecular weight is 491 g/mol. The third kappa shape index (κ3) is 4.50. The molecular weight excluding hydrogens is 475 g/mol. The van der Waals surface area contributed by atoms with Gasteiger partial charge in [0.1, 0.15) is 11.5 Å². The summed E-state index contributed by atoms with van der Waals surface area (Å²) in [5.41, 5.74) is 0.831. The summed E-state index contributed by atoms with van der Waals surface area (Å²) in [5.74, 6) is -0.462. The number of rotatable bonds is 7. The molecule has 0 saturated carbocycles. The van der Waals surface area contributed by atoms with Gasteiger partial charge in [0.05, 0.1) is 15.3 Å². The predicted octanol–water partition coefficient (Wildman–Crippen LogP) is 5.00. The van der Waals surface area contributed by atoms with E-state index in [0.29, 0.717) is 22.2 Å². The van der Waals surface area contributed by atoms with Crippen molar-refractivity contribution in [2.24, 2.45) is 7.05 Å². The Morgan fingerprint density at radius 3 is 2.38 bits per heavy atom. The largest absolute Gasteiger partial charge is 0.297 e. The highest BCUT2D eigenvalue weighted by Crippen LogP contribution is 2.34. The van der Waals surface area contributed by atoms with E-state index < -0.39 is 38.3 Å². The Labute approximate surface area is 191 Å². The molecule has 0 N–H and O–H groups in total. The Morgan fingerprint density at radius 2 is 1.76 bits per heavy atom. The molecule has 4 rings (SSSR count). The second-order valence-corrected chi connectivity index (χ2v) is 8.89. The second kappa shape index (κ2) is 8.88.